The molecule has 0 heterocycles. The van der Waals surface area contributed by atoms with Gasteiger partial charge in [-0.2, -0.15) is 0 Å². The van der Waals surface area contributed by atoms with Gasteiger partial charge in [0.2, 0.25) is 0 Å². The lowest BCUT2D eigenvalue weighted by Crippen LogP contribution is -2.42. The van der Waals surface area contributed by atoms with Crippen molar-refractivity contribution in [2.45, 2.75) is 51.5 Å². The lowest BCUT2D eigenvalue weighted by molar-refractivity contribution is -0.139. The summed E-state index contributed by atoms with van der Waals surface area (Å²) >= 11 is 0. The van der Waals surface area contributed by atoms with Gasteiger partial charge in [-0.25, -0.2) is 9.59 Å². The fourth-order valence-corrected chi connectivity index (χ4v) is 3.86. The van der Waals surface area contributed by atoms with E-state index in [1.807, 2.05) is 0 Å². The molecule has 0 bridgehead atoms. The van der Waals surface area contributed by atoms with E-state index in [1.165, 1.54) is 19.3 Å². The lowest BCUT2D eigenvalue weighted by atomic mass is 10.1. The molecule has 1 amide bonds. The van der Waals surface area contributed by atoms with Crippen LogP contribution in [0.25, 0.3) is 0 Å². The van der Waals surface area contributed by atoms with Gasteiger partial charge in [-0.1, -0.05) is 44.7 Å². The van der Waals surface area contributed by atoms with Crippen LogP contribution in [0.2, 0.25) is 0 Å². The molecule has 0 saturated heterocycles. The molecule has 0 aliphatic rings. The van der Waals surface area contributed by atoms with Gasteiger partial charge >= 0.3 is 11.9 Å². The summed E-state index contributed by atoms with van der Waals surface area (Å²) in [6, 6.07) is 18.5. The second kappa shape index (κ2) is 15.2. The molecule has 3 aromatic carbocycles. The number of carbonyl (C=O) groups excluding carboxylic acids is 2. The van der Waals surface area contributed by atoms with E-state index < -0.39 is 23.9 Å². The van der Waals surface area contributed by atoms with E-state index in [0.29, 0.717) is 40.5 Å². The summed E-state index contributed by atoms with van der Waals surface area (Å²) in [7, 11) is 1.54. The average molecular weight is 534 g/mol. The second-order valence-electron chi connectivity index (χ2n) is 9.12. The number of methoxy groups -OCH3 is 1. The molecule has 0 aliphatic carbocycles. The summed E-state index contributed by atoms with van der Waals surface area (Å²) in [6.07, 6.45) is 5.80. The Balaban J connectivity index is 1.51. The highest BCUT2D eigenvalue weighted by molar-refractivity contribution is 5.96. The Kier molecular flexibility index (Phi) is 11.4. The number of carboxylic acids is 1. The van der Waals surface area contributed by atoms with E-state index in [4.69, 9.17) is 14.2 Å². The van der Waals surface area contributed by atoms with Gasteiger partial charge in [0.25, 0.3) is 5.91 Å². The monoisotopic (exact) mass is 533 g/mol. The Morgan fingerprint density at radius 1 is 0.769 bits per heavy atom. The van der Waals surface area contributed by atoms with Crippen molar-refractivity contribution in [1.82, 2.24) is 5.32 Å². The standard InChI is InChI=1S/C31H35NO7/c1-3-4-5-6-7-20-38-26-18-10-23(11-19-26)29(33)32-28(30(34)35)21-22-8-14-27(15-9-22)39-31(36)24-12-16-25(37-2)17-13-24/h8-19,28H,3-7,20-21H2,1-2H3,(H,32,33)(H,34,35). The van der Waals surface area contributed by atoms with E-state index in [-0.39, 0.29) is 6.42 Å². The number of hydrogen-bond acceptors (Lipinski definition) is 6. The van der Waals surface area contributed by atoms with Crippen molar-refractivity contribution in [3.63, 3.8) is 0 Å². The molecule has 1 unspecified atom stereocenters. The number of carbonyl (C=O) groups is 3. The maximum absolute atomic E-state index is 12.7. The van der Waals surface area contributed by atoms with Crippen LogP contribution in [0.4, 0.5) is 0 Å². The zero-order chi connectivity index (χ0) is 28.0. The number of hydrogen-bond donors (Lipinski definition) is 2. The maximum atomic E-state index is 12.7. The molecule has 0 saturated carbocycles. The first-order valence-corrected chi connectivity index (χ1v) is 13.1. The molecule has 0 aromatic heterocycles. The number of ether oxygens (including phenoxy) is 3. The van der Waals surface area contributed by atoms with Crippen LogP contribution in [-0.2, 0) is 11.2 Å². The number of esters is 1. The molecular weight excluding hydrogens is 498 g/mol. The summed E-state index contributed by atoms with van der Waals surface area (Å²) in [5.41, 5.74) is 1.38. The predicted octanol–water partition coefficient (Wildman–Crippen LogP) is 5.69. The normalized spacial score (nSPS) is 11.3. The summed E-state index contributed by atoms with van der Waals surface area (Å²) in [6.45, 7) is 2.80. The molecule has 0 radical (unpaired) electrons. The van der Waals surface area contributed by atoms with Crippen LogP contribution in [0.5, 0.6) is 17.2 Å². The molecule has 2 N–H and O–H groups in total. The van der Waals surface area contributed by atoms with Gasteiger partial charge in [0.15, 0.2) is 0 Å². The molecule has 8 heteroatoms. The first kappa shape index (κ1) is 29.2. The minimum absolute atomic E-state index is 0.0625. The van der Waals surface area contributed by atoms with Crippen molar-refractivity contribution in [2.75, 3.05) is 13.7 Å². The molecule has 39 heavy (non-hydrogen) atoms. The topological polar surface area (TPSA) is 111 Å². The molecule has 0 spiro atoms. The third kappa shape index (κ3) is 9.48. The number of unbranched alkanes of at least 4 members (excludes halogenated alkanes) is 4. The summed E-state index contributed by atoms with van der Waals surface area (Å²) in [5.74, 6) is -0.543. The maximum Gasteiger partial charge on any atom is 0.343 e. The number of rotatable bonds is 15. The Morgan fingerprint density at radius 3 is 1.97 bits per heavy atom. The van der Waals surface area contributed by atoms with Gasteiger partial charge in [0.1, 0.15) is 23.3 Å². The van der Waals surface area contributed by atoms with Crippen molar-refractivity contribution >= 4 is 17.8 Å². The van der Waals surface area contributed by atoms with Crippen molar-refractivity contribution in [3.05, 3.63) is 89.5 Å². The van der Waals surface area contributed by atoms with Gasteiger partial charge < -0.3 is 24.6 Å². The third-order valence-corrected chi connectivity index (χ3v) is 6.14. The van der Waals surface area contributed by atoms with Crippen molar-refractivity contribution in [1.29, 1.82) is 0 Å². The summed E-state index contributed by atoms with van der Waals surface area (Å²) in [5, 5.41) is 12.2. The van der Waals surface area contributed by atoms with Crippen LogP contribution >= 0.6 is 0 Å². The third-order valence-electron chi connectivity index (χ3n) is 6.14. The van der Waals surface area contributed by atoms with Crippen LogP contribution in [0.1, 0.15) is 65.3 Å². The highest BCUT2D eigenvalue weighted by atomic mass is 16.5. The molecule has 0 aliphatic heterocycles. The van der Waals surface area contributed by atoms with Gasteiger partial charge in [-0.3, -0.25) is 4.79 Å². The molecule has 0 fully saturated rings. The minimum Gasteiger partial charge on any atom is -0.497 e. The number of aliphatic carboxylic acids is 1. The van der Waals surface area contributed by atoms with Crippen molar-refractivity contribution < 1.29 is 33.7 Å². The van der Waals surface area contributed by atoms with Crippen molar-refractivity contribution in [2.24, 2.45) is 0 Å². The van der Waals surface area contributed by atoms with Crippen LogP contribution in [0.15, 0.2) is 72.8 Å². The molecular formula is C31H35NO7. The van der Waals surface area contributed by atoms with Crippen LogP contribution in [0.3, 0.4) is 0 Å². The number of amides is 1. The van der Waals surface area contributed by atoms with Crippen LogP contribution < -0.4 is 19.5 Å². The first-order chi connectivity index (χ1) is 18.9. The van der Waals surface area contributed by atoms with E-state index >= 15 is 0 Å². The second-order valence-corrected chi connectivity index (χ2v) is 9.12. The van der Waals surface area contributed by atoms with E-state index in [9.17, 15) is 19.5 Å². The fraction of sp³-hybridized carbons (Fsp3) is 0.323. The van der Waals surface area contributed by atoms with E-state index in [2.05, 4.69) is 12.2 Å². The summed E-state index contributed by atoms with van der Waals surface area (Å²) in [4.78, 5) is 36.9. The number of carboxylic acid groups (broad SMARTS) is 1. The predicted molar refractivity (Wildman–Crippen MR) is 148 cm³/mol. The Labute approximate surface area is 228 Å². The average Bonchev–Trinajstić information content (AvgIpc) is 2.95. The molecule has 3 aromatic rings. The zero-order valence-corrected chi connectivity index (χ0v) is 22.4. The van der Waals surface area contributed by atoms with Gasteiger partial charge in [0.05, 0.1) is 19.3 Å². The van der Waals surface area contributed by atoms with Crippen molar-refractivity contribution in [3.8, 4) is 17.2 Å². The Bertz CT molecular complexity index is 1210. The fourth-order valence-electron chi connectivity index (χ4n) is 3.86. The van der Waals surface area contributed by atoms with Crippen LogP contribution in [-0.4, -0.2) is 42.7 Å². The van der Waals surface area contributed by atoms with E-state index in [0.717, 1.165) is 12.8 Å². The highest BCUT2D eigenvalue weighted by Gasteiger charge is 2.21. The van der Waals surface area contributed by atoms with Gasteiger partial charge in [-0.05, 0) is 72.6 Å². The molecule has 1 atom stereocenters. The smallest absolute Gasteiger partial charge is 0.343 e. The molecule has 8 nitrogen and oxygen atoms in total. The molecule has 3 rings (SSSR count). The van der Waals surface area contributed by atoms with E-state index in [1.54, 1.807) is 79.9 Å². The molecule has 206 valence electrons. The van der Waals surface area contributed by atoms with Gasteiger partial charge in [-0.15, -0.1) is 0 Å². The SMILES string of the molecule is CCCCCCCOc1ccc(C(=O)NC(Cc2ccc(OC(=O)c3ccc(OC)cc3)cc2)C(=O)O)cc1. The first-order valence-electron chi connectivity index (χ1n) is 13.1. The quantitative estimate of drug-likeness (QED) is 0.147. The number of nitrogens with one attached hydrogen (secondary N) is 1. The number of benzene rings is 3. The van der Waals surface area contributed by atoms with Gasteiger partial charge in [0, 0.05) is 12.0 Å². The minimum atomic E-state index is -1.15. The summed E-state index contributed by atoms with van der Waals surface area (Å²) < 4.78 is 16.2. The highest BCUT2D eigenvalue weighted by Crippen LogP contribution is 2.18. The largest absolute Gasteiger partial charge is 0.497 e. The Hall–Kier alpha value is -4.33. The Morgan fingerprint density at radius 2 is 1.36 bits per heavy atom. The van der Waals surface area contributed by atoms with Crippen LogP contribution in [0, 0.1) is 0 Å². The lowest BCUT2D eigenvalue weighted by Gasteiger charge is -2.15. The zero-order valence-electron chi connectivity index (χ0n) is 22.4.